The van der Waals surface area contributed by atoms with Crippen molar-refractivity contribution in [2.75, 3.05) is 18.9 Å². The number of nitrogens with zero attached hydrogens (tertiary/aromatic N) is 1. The molecule has 138 valence electrons. The molecule has 0 fully saturated rings. The fourth-order valence-corrected chi connectivity index (χ4v) is 4.04. The van der Waals surface area contributed by atoms with Crippen molar-refractivity contribution < 1.29 is 4.79 Å². The van der Waals surface area contributed by atoms with Gasteiger partial charge in [-0.25, -0.2) is 0 Å². The van der Waals surface area contributed by atoms with E-state index in [-0.39, 0.29) is 5.91 Å². The Hall–Kier alpha value is -2.13. The van der Waals surface area contributed by atoms with Crippen molar-refractivity contribution >= 4 is 11.6 Å². The zero-order chi connectivity index (χ0) is 18.7. The molecule has 0 bridgehead atoms. The van der Waals surface area contributed by atoms with Crippen molar-refractivity contribution in [1.82, 2.24) is 4.90 Å². The normalized spacial score (nSPS) is 16.6. The molecule has 3 nitrogen and oxygen atoms in total. The van der Waals surface area contributed by atoms with Crippen LogP contribution in [0, 0.1) is 6.92 Å². The third kappa shape index (κ3) is 3.99. The number of benzene rings is 2. The van der Waals surface area contributed by atoms with Gasteiger partial charge in [0.2, 0.25) is 5.91 Å². The number of amides is 1. The minimum absolute atomic E-state index is 0.0618. The van der Waals surface area contributed by atoms with E-state index in [1.807, 2.05) is 0 Å². The number of fused-ring (bicyclic) bond motifs is 1. The number of hydrogen-bond acceptors (Lipinski definition) is 2. The summed E-state index contributed by atoms with van der Waals surface area (Å²) in [7, 11) is 2.06. The average molecular weight is 351 g/mol. The first-order valence-electron chi connectivity index (χ1n) is 9.64. The summed E-state index contributed by atoms with van der Waals surface area (Å²) >= 11 is 0. The van der Waals surface area contributed by atoms with Crippen molar-refractivity contribution in [2.45, 2.75) is 52.0 Å². The van der Waals surface area contributed by atoms with Gasteiger partial charge in [-0.15, -0.1) is 0 Å². The van der Waals surface area contributed by atoms with Crippen molar-refractivity contribution in [3.8, 4) is 0 Å². The Balaban J connectivity index is 1.72. The molecule has 0 heterocycles. The summed E-state index contributed by atoms with van der Waals surface area (Å²) < 4.78 is 0. The third-order valence-electron chi connectivity index (χ3n) is 5.45. The van der Waals surface area contributed by atoms with Gasteiger partial charge in [0, 0.05) is 11.7 Å². The Morgan fingerprint density at radius 3 is 2.73 bits per heavy atom. The lowest BCUT2D eigenvalue weighted by Crippen LogP contribution is -2.35. The lowest BCUT2D eigenvalue weighted by Gasteiger charge is -2.33. The highest BCUT2D eigenvalue weighted by molar-refractivity contribution is 5.94. The van der Waals surface area contributed by atoms with Gasteiger partial charge in [0.1, 0.15) is 0 Å². The van der Waals surface area contributed by atoms with Crippen LogP contribution in [0.1, 0.15) is 60.9 Å². The van der Waals surface area contributed by atoms with E-state index in [9.17, 15) is 4.79 Å². The van der Waals surface area contributed by atoms with Crippen LogP contribution in [0.4, 0.5) is 5.69 Å². The maximum absolute atomic E-state index is 12.8. The zero-order valence-electron chi connectivity index (χ0n) is 16.4. The first kappa shape index (κ1) is 18.7. The monoisotopic (exact) mass is 350 g/mol. The SMILES string of the molecule is Cc1cccc(C(C)C)c1NC(=O)CN(C)C1CCCc2ccccc21. The molecule has 0 aromatic heterocycles. The number of para-hydroxylation sites is 1. The molecule has 2 aromatic carbocycles. The Kier molecular flexibility index (Phi) is 5.77. The molecule has 1 N–H and O–H groups in total. The van der Waals surface area contributed by atoms with Crippen LogP contribution in [-0.2, 0) is 11.2 Å². The molecule has 0 spiro atoms. The summed E-state index contributed by atoms with van der Waals surface area (Å²) in [5, 5.41) is 3.17. The summed E-state index contributed by atoms with van der Waals surface area (Å²) in [4.78, 5) is 14.9. The van der Waals surface area contributed by atoms with Gasteiger partial charge in [-0.2, -0.15) is 0 Å². The van der Waals surface area contributed by atoms with Crippen LogP contribution in [0.3, 0.4) is 0 Å². The molecule has 3 rings (SSSR count). The van der Waals surface area contributed by atoms with Crippen LogP contribution in [0.15, 0.2) is 42.5 Å². The Bertz CT molecular complexity index is 782. The van der Waals surface area contributed by atoms with Crippen molar-refractivity contribution in [2.24, 2.45) is 0 Å². The van der Waals surface area contributed by atoms with Crippen molar-refractivity contribution in [3.05, 3.63) is 64.7 Å². The number of carbonyl (C=O) groups excluding carboxylic acids is 1. The van der Waals surface area contributed by atoms with Gasteiger partial charge in [-0.3, -0.25) is 9.69 Å². The minimum atomic E-state index is 0.0618. The maximum atomic E-state index is 12.8. The minimum Gasteiger partial charge on any atom is -0.324 e. The molecule has 1 amide bonds. The van der Waals surface area contributed by atoms with Crippen LogP contribution >= 0.6 is 0 Å². The van der Waals surface area contributed by atoms with E-state index in [0.29, 0.717) is 18.5 Å². The number of anilines is 1. The number of hydrogen-bond donors (Lipinski definition) is 1. The van der Waals surface area contributed by atoms with Gasteiger partial charge < -0.3 is 5.32 Å². The van der Waals surface area contributed by atoms with Crippen LogP contribution in [0.2, 0.25) is 0 Å². The average Bonchev–Trinajstić information content (AvgIpc) is 2.62. The fraction of sp³-hybridized carbons (Fsp3) is 0.435. The number of aryl methyl sites for hydroxylation is 2. The standard InChI is InChI=1S/C23H30N2O/c1-16(2)19-13-7-9-17(3)23(19)24-22(26)15-25(4)21-14-8-11-18-10-5-6-12-20(18)21/h5-7,9-10,12-13,16,21H,8,11,14-15H2,1-4H3,(H,24,26). The topological polar surface area (TPSA) is 32.3 Å². The van der Waals surface area contributed by atoms with Crippen molar-refractivity contribution in [3.63, 3.8) is 0 Å². The molecule has 2 aromatic rings. The molecule has 1 unspecified atom stereocenters. The van der Waals surface area contributed by atoms with Gasteiger partial charge in [0.05, 0.1) is 6.54 Å². The predicted octanol–water partition coefficient (Wildman–Crippen LogP) is 5.07. The van der Waals surface area contributed by atoms with Crippen LogP contribution in [0.5, 0.6) is 0 Å². The lowest BCUT2D eigenvalue weighted by atomic mass is 9.87. The molecule has 0 aliphatic heterocycles. The highest BCUT2D eigenvalue weighted by Crippen LogP contribution is 2.33. The van der Waals surface area contributed by atoms with E-state index < -0.39 is 0 Å². The zero-order valence-corrected chi connectivity index (χ0v) is 16.4. The Morgan fingerprint density at radius 1 is 1.19 bits per heavy atom. The van der Waals surface area contributed by atoms with Gasteiger partial charge in [0.25, 0.3) is 0 Å². The van der Waals surface area contributed by atoms with E-state index in [4.69, 9.17) is 0 Å². The summed E-state index contributed by atoms with van der Waals surface area (Å²) in [5.74, 6) is 0.444. The molecule has 1 aliphatic rings. The van der Waals surface area contributed by atoms with E-state index in [2.05, 4.69) is 80.5 Å². The van der Waals surface area contributed by atoms with Gasteiger partial charge >= 0.3 is 0 Å². The molecule has 0 saturated heterocycles. The molecule has 0 radical (unpaired) electrons. The fourth-order valence-electron chi connectivity index (χ4n) is 4.04. The van der Waals surface area contributed by atoms with E-state index in [1.54, 1.807) is 0 Å². The van der Waals surface area contributed by atoms with E-state index >= 15 is 0 Å². The number of likely N-dealkylation sites (N-methyl/N-ethyl adjacent to an activating group) is 1. The van der Waals surface area contributed by atoms with Crippen LogP contribution in [-0.4, -0.2) is 24.4 Å². The van der Waals surface area contributed by atoms with E-state index in [1.165, 1.54) is 23.1 Å². The predicted molar refractivity (Wildman–Crippen MR) is 109 cm³/mol. The van der Waals surface area contributed by atoms with Gasteiger partial charge in [-0.05, 0) is 61.4 Å². The molecular formula is C23H30N2O. The lowest BCUT2D eigenvalue weighted by molar-refractivity contribution is -0.117. The molecule has 1 aliphatic carbocycles. The first-order valence-corrected chi connectivity index (χ1v) is 9.64. The summed E-state index contributed by atoms with van der Waals surface area (Å²) in [6.07, 6.45) is 3.44. The molecule has 0 saturated carbocycles. The molecule has 3 heteroatoms. The van der Waals surface area contributed by atoms with Crippen LogP contribution < -0.4 is 5.32 Å². The third-order valence-corrected chi connectivity index (χ3v) is 5.45. The maximum Gasteiger partial charge on any atom is 0.238 e. The molecule has 1 atom stereocenters. The van der Waals surface area contributed by atoms with Crippen LogP contribution in [0.25, 0.3) is 0 Å². The second-order valence-corrected chi connectivity index (χ2v) is 7.76. The Labute approximate surface area is 157 Å². The number of nitrogens with one attached hydrogen (secondary N) is 1. The second kappa shape index (κ2) is 8.05. The smallest absolute Gasteiger partial charge is 0.238 e. The van der Waals surface area contributed by atoms with Crippen molar-refractivity contribution in [1.29, 1.82) is 0 Å². The number of rotatable bonds is 5. The first-order chi connectivity index (χ1) is 12.5. The highest BCUT2D eigenvalue weighted by Gasteiger charge is 2.25. The summed E-state index contributed by atoms with van der Waals surface area (Å²) in [6.45, 7) is 6.79. The molecule has 26 heavy (non-hydrogen) atoms. The molecular weight excluding hydrogens is 320 g/mol. The highest BCUT2D eigenvalue weighted by atomic mass is 16.2. The second-order valence-electron chi connectivity index (χ2n) is 7.76. The van der Waals surface area contributed by atoms with Gasteiger partial charge in [-0.1, -0.05) is 56.3 Å². The van der Waals surface area contributed by atoms with E-state index in [0.717, 1.165) is 24.1 Å². The quantitative estimate of drug-likeness (QED) is 0.817. The summed E-state index contributed by atoms with van der Waals surface area (Å²) in [5.41, 5.74) is 6.11. The number of carbonyl (C=O) groups is 1. The Morgan fingerprint density at radius 2 is 1.96 bits per heavy atom. The summed E-state index contributed by atoms with van der Waals surface area (Å²) in [6, 6.07) is 15.2. The largest absolute Gasteiger partial charge is 0.324 e. The van der Waals surface area contributed by atoms with Gasteiger partial charge in [0.15, 0.2) is 0 Å².